The van der Waals surface area contributed by atoms with E-state index < -0.39 is 18.5 Å². The minimum absolute atomic E-state index is 0.223. The quantitative estimate of drug-likeness (QED) is 0.523. The van der Waals surface area contributed by atoms with E-state index >= 15 is 0 Å². The Bertz CT molecular complexity index is 150. The van der Waals surface area contributed by atoms with E-state index in [0.717, 1.165) is 0 Å². The van der Waals surface area contributed by atoms with Gasteiger partial charge in [-0.05, 0) is 6.92 Å². The molecule has 0 radical (unpaired) electrons. The van der Waals surface area contributed by atoms with Gasteiger partial charge in [0.2, 0.25) is 0 Å². The third-order valence-corrected chi connectivity index (χ3v) is 3.32. The minimum atomic E-state index is -0.821. The van der Waals surface area contributed by atoms with E-state index in [9.17, 15) is 10.2 Å². The van der Waals surface area contributed by atoms with Crippen LogP contribution in [0.25, 0.3) is 0 Å². The number of halogens is 1. The summed E-state index contributed by atoms with van der Waals surface area (Å²) in [5.41, 5.74) is 0. The number of hydrogen-bond donors (Lipinski definition) is 2. The lowest BCUT2D eigenvalue weighted by Crippen LogP contribution is -2.54. The molecule has 72 valence electrons. The molecule has 1 aliphatic rings. The molecule has 2 N–H and O–H groups in total. The van der Waals surface area contributed by atoms with E-state index in [-0.39, 0.29) is 10.0 Å². The normalized spacial score (nSPS) is 49.2. The summed E-state index contributed by atoms with van der Waals surface area (Å²) in [6.07, 6.45) is -2.41. The van der Waals surface area contributed by atoms with Gasteiger partial charge in [0.15, 0.2) is 6.29 Å². The highest BCUT2D eigenvalue weighted by Crippen LogP contribution is 2.26. The molecule has 0 spiro atoms. The molecule has 5 atom stereocenters. The zero-order chi connectivity index (χ0) is 9.30. The van der Waals surface area contributed by atoms with Crippen molar-refractivity contribution in [2.75, 3.05) is 7.11 Å². The van der Waals surface area contributed by atoms with Crippen LogP contribution in [0.2, 0.25) is 0 Å². The van der Waals surface area contributed by atoms with Gasteiger partial charge in [-0.25, -0.2) is 0 Å². The van der Waals surface area contributed by atoms with Crippen molar-refractivity contribution in [3.63, 3.8) is 0 Å². The second-order valence-electron chi connectivity index (χ2n) is 2.87. The van der Waals surface area contributed by atoms with Gasteiger partial charge in [-0.2, -0.15) is 0 Å². The molecule has 0 aromatic rings. The van der Waals surface area contributed by atoms with Gasteiger partial charge in [-0.3, -0.25) is 0 Å². The lowest BCUT2D eigenvalue weighted by molar-refractivity contribution is -0.229. The van der Waals surface area contributed by atoms with Crippen molar-refractivity contribution in [1.29, 1.82) is 0 Å². The monoisotopic (exact) mass is 288 g/mol. The van der Waals surface area contributed by atoms with E-state index in [1.807, 2.05) is 22.6 Å². The Morgan fingerprint density at radius 1 is 1.33 bits per heavy atom. The molecule has 0 bridgehead atoms. The maximum absolute atomic E-state index is 9.50. The van der Waals surface area contributed by atoms with Gasteiger partial charge in [-0.15, -0.1) is 0 Å². The van der Waals surface area contributed by atoms with Gasteiger partial charge in [0.1, 0.15) is 6.10 Å². The molecular formula is C7H13IO4. The number of rotatable bonds is 1. The van der Waals surface area contributed by atoms with Crippen LogP contribution in [0.15, 0.2) is 0 Å². The molecule has 1 aliphatic heterocycles. The number of methoxy groups -OCH3 is 1. The zero-order valence-corrected chi connectivity index (χ0v) is 9.13. The van der Waals surface area contributed by atoms with Crippen molar-refractivity contribution < 1.29 is 19.7 Å². The van der Waals surface area contributed by atoms with Gasteiger partial charge in [0.25, 0.3) is 0 Å². The molecule has 1 heterocycles. The predicted molar refractivity (Wildman–Crippen MR) is 51.2 cm³/mol. The van der Waals surface area contributed by atoms with Crippen molar-refractivity contribution in [3.8, 4) is 0 Å². The molecule has 1 rings (SSSR count). The second kappa shape index (κ2) is 4.19. The number of ether oxygens (including phenoxy) is 2. The van der Waals surface area contributed by atoms with Crippen LogP contribution >= 0.6 is 22.6 Å². The van der Waals surface area contributed by atoms with Gasteiger partial charge in [0, 0.05) is 7.11 Å². The minimum Gasteiger partial charge on any atom is -0.389 e. The predicted octanol–water partition coefficient (Wildman–Crippen LogP) is -0.0970. The maximum Gasteiger partial charge on any atom is 0.171 e. The highest BCUT2D eigenvalue weighted by atomic mass is 127. The van der Waals surface area contributed by atoms with E-state index in [1.54, 1.807) is 6.92 Å². The average Bonchev–Trinajstić information content (AvgIpc) is 2.08. The zero-order valence-electron chi connectivity index (χ0n) is 6.98. The van der Waals surface area contributed by atoms with Crippen LogP contribution in [-0.4, -0.2) is 45.8 Å². The smallest absolute Gasteiger partial charge is 0.171 e. The Hall–Kier alpha value is 0.570. The van der Waals surface area contributed by atoms with Crippen LogP contribution < -0.4 is 0 Å². The van der Waals surface area contributed by atoms with Crippen LogP contribution in [-0.2, 0) is 9.47 Å². The summed E-state index contributed by atoms with van der Waals surface area (Å²) in [5, 5.41) is 18.9. The van der Waals surface area contributed by atoms with Crippen molar-refractivity contribution in [2.24, 2.45) is 0 Å². The van der Waals surface area contributed by atoms with Crippen molar-refractivity contribution in [1.82, 2.24) is 0 Å². The lowest BCUT2D eigenvalue weighted by atomic mass is 10.0. The van der Waals surface area contributed by atoms with Crippen LogP contribution in [0.3, 0.4) is 0 Å². The van der Waals surface area contributed by atoms with Crippen LogP contribution in [0.5, 0.6) is 0 Å². The molecular weight excluding hydrogens is 275 g/mol. The largest absolute Gasteiger partial charge is 0.389 e. The third kappa shape index (κ3) is 1.90. The van der Waals surface area contributed by atoms with Crippen molar-refractivity contribution in [2.45, 2.75) is 35.5 Å². The summed E-state index contributed by atoms with van der Waals surface area (Å²) < 4.78 is 10.1. The molecule has 0 aliphatic carbocycles. The van der Waals surface area contributed by atoms with E-state index in [2.05, 4.69) is 0 Å². The van der Waals surface area contributed by atoms with Gasteiger partial charge in [0.05, 0.1) is 16.1 Å². The third-order valence-electron chi connectivity index (χ3n) is 2.00. The molecule has 0 unspecified atom stereocenters. The Labute approximate surface area is 85.0 Å². The standard InChI is InChI=1S/C7H13IO4/c1-3-5(9)6(10)4(8)7(11-2)12-3/h3-7,9-10H,1-2H3/t3-,4-,5-,6-,7+/m1/s1. The van der Waals surface area contributed by atoms with E-state index in [4.69, 9.17) is 9.47 Å². The van der Waals surface area contributed by atoms with Crippen LogP contribution in [0.4, 0.5) is 0 Å². The summed E-state index contributed by atoms with van der Waals surface area (Å²) in [6, 6.07) is 0. The number of hydrogen-bond acceptors (Lipinski definition) is 4. The Kier molecular flexibility index (Phi) is 3.72. The molecule has 0 aromatic carbocycles. The van der Waals surface area contributed by atoms with Crippen LogP contribution in [0, 0.1) is 0 Å². The summed E-state index contributed by atoms with van der Waals surface area (Å²) in [4.78, 5) is 0. The topological polar surface area (TPSA) is 58.9 Å². The molecule has 0 aromatic heterocycles. The first-order valence-electron chi connectivity index (χ1n) is 3.76. The molecule has 12 heavy (non-hydrogen) atoms. The summed E-state index contributed by atoms with van der Waals surface area (Å²) in [7, 11) is 1.52. The van der Waals surface area contributed by atoms with E-state index in [1.165, 1.54) is 7.11 Å². The number of aliphatic hydroxyl groups is 2. The Morgan fingerprint density at radius 3 is 2.42 bits per heavy atom. The number of aliphatic hydroxyl groups excluding tert-OH is 2. The first-order valence-corrected chi connectivity index (χ1v) is 5.01. The lowest BCUT2D eigenvalue weighted by Gasteiger charge is -2.38. The molecule has 1 saturated heterocycles. The summed E-state index contributed by atoms with van der Waals surface area (Å²) >= 11 is 2.01. The Balaban J connectivity index is 2.63. The highest BCUT2D eigenvalue weighted by Gasteiger charge is 2.41. The molecule has 1 fully saturated rings. The van der Waals surface area contributed by atoms with Crippen molar-refractivity contribution in [3.05, 3.63) is 0 Å². The first kappa shape index (κ1) is 10.6. The average molecular weight is 288 g/mol. The molecule has 4 nitrogen and oxygen atoms in total. The number of alkyl halides is 1. The van der Waals surface area contributed by atoms with Gasteiger partial charge in [-0.1, -0.05) is 22.6 Å². The van der Waals surface area contributed by atoms with Crippen LogP contribution in [0.1, 0.15) is 6.92 Å². The fourth-order valence-corrected chi connectivity index (χ4v) is 2.07. The molecule has 0 saturated carbocycles. The Morgan fingerprint density at radius 2 is 1.92 bits per heavy atom. The first-order chi connectivity index (χ1) is 5.57. The highest BCUT2D eigenvalue weighted by molar-refractivity contribution is 14.1. The maximum atomic E-state index is 9.50. The van der Waals surface area contributed by atoms with Gasteiger partial charge >= 0.3 is 0 Å². The fraction of sp³-hybridized carbons (Fsp3) is 1.00. The van der Waals surface area contributed by atoms with Gasteiger partial charge < -0.3 is 19.7 Å². The summed E-state index contributed by atoms with van der Waals surface area (Å²) in [5.74, 6) is 0. The fourth-order valence-electron chi connectivity index (χ4n) is 1.18. The SMILES string of the molecule is CO[C@H]1O[C@H](C)[C@@H](O)[C@H](O)[C@H]1I. The second-order valence-corrected chi connectivity index (χ2v) is 4.31. The molecule has 5 heteroatoms. The van der Waals surface area contributed by atoms with Crippen molar-refractivity contribution >= 4 is 22.6 Å². The summed E-state index contributed by atoms with van der Waals surface area (Å²) in [6.45, 7) is 1.71. The molecule has 0 amide bonds. The van der Waals surface area contributed by atoms with E-state index in [0.29, 0.717) is 0 Å².